The van der Waals surface area contributed by atoms with Gasteiger partial charge in [0.05, 0.1) is 0 Å². The van der Waals surface area contributed by atoms with E-state index in [2.05, 4.69) is 5.32 Å². The molecule has 1 aromatic rings. The van der Waals surface area contributed by atoms with E-state index in [1.54, 1.807) is 0 Å². The first-order valence-corrected chi connectivity index (χ1v) is 7.34. The van der Waals surface area contributed by atoms with Gasteiger partial charge < -0.3 is 20.1 Å². The molecule has 0 aliphatic rings. The van der Waals surface area contributed by atoms with Gasteiger partial charge in [-0.05, 0) is 45.5 Å². The summed E-state index contributed by atoms with van der Waals surface area (Å²) in [6.07, 6.45) is 1.30. The van der Waals surface area contributed by atoms with Crippen LogP contribution in [0.15, 0.2) is 30.3 Å². The van der Waals surface area contributed by atoms with Crippen LogP contribution in [0.3, 0.4) is 0 Å². The maximum Gasteiger partial charge on any atom is 0.408 e. The Morgan fingerprint density at radius 3 is 2.50 bits per heavy atom. The summed E-state index contributed by atoms with van der Waals surface area (Å²) in [6, 6.07) is 8.33. The van der Waals surface area contributed by atoms with Crippen LogP contribution in [-0.2, 0) is 16.1 Å². The van der Waals surface area contributed by atoms with Crippen LogP contribution in [0, 0.1) is 0 Å². The van der Waals surface area contributed by atoms with E-state index in [-0.39, 0.29) is 6.61 Å². The smallest absolute Gasteiger partial charge is 0.408 e. The van der Waals surface area contributed by atoms with Gasteiger partial charge in [-0.15, -0.1) is 0 Å². The Balaban J connectivity index is 2.32. The zero-order chi connectivity index (χ0) is 16.4. The van der Waals surface area contributed by atoms with Gasteiger partial charge in [0.1, 0.15) is 12.6 Å². The number of aliphatic carboxylic acids is 1. The molecule has 0 aromatic heterocycles. The Morgan fingerprint density at radius 2 is 1.91 bits per heavy atom. The van der Waals surface area contributed by atoms with Gasteiger partial charge in [-0.1, -0.05) is 30.3 Å². The number of alkyl carbamates (subject to hydrolysis) is 1. The van der Waals surface area contributed by atoms with E-state index in [0.717, 1.165) is 24.9 Å². The minimum Gasteiger partial charge on any atom is -0.480 e. The number of carbonyl (C=O) groups is 2. The highest BCUT2D eigenvalue weighted by Crippen LogP contribution is 2.04. The number of unbranched alkanes of at least 4 members (excludes halogenated alkanes) is 1. The van der Waals surface area contributed by atoms with Crippen molar-refractivity contribution < 1.29 is 19.4 Å². The van der Waals surface area contributed by atoms with Crippen LogP contribution in [0.2, 0.25) is 0 Å². The second kappa shape index (κ2) is 9.78. The van der Waals surface area contributed by atoms with Gasteiger partial charge in [0.25, 0.3) is 0 Å². The lowest BCUT2D eigenvalue weighted by Gasteiger charge is -2.15. The second-order valence-electron chi connectivity index (χ2n) is 5.40. The largest absolute Gasteiger partial charge is 0.480 e. The molecule has 1 rings (SSSR count). The summed E-state index contributed by atoms with van der Waals surface area (Å²) in [7, 11) is 3.93. The Hall–Kier alpha value is -2.08. The first-order chi connectivity index (χ1) is 10.5. The van der Waals surface area contributed by atoms with E-state index in [0.29, 0.717) is 6.42 Å². The number of ether oxygens (including phenoxy) is 1. The summed E-state index contributed by atoms with van der Waals surface area (Å²) < 4.78 is 5.03. The third-order valence-electron chi connectivity index (χ3n) is 3.15. The molecule has 1 atom stereocenters. The second-order valence-corrected chi connectivity index (χ2v) is 5.40. The van der Waals surface area contributed by atoms with E-state index in [1.807, 2.05) is 49.3 Å². The molecule has 1 amide bonds. The molecule has 0 saturated heterocycles. The van der Waals surface area contributed by atoms with Gasteiger partial charge in [0.15, 0.2) is 0 Å². The van der Waals surface area contributed by atoms with Crippen molar-refractivity contribution in [2.45, 2.75) is 31.9 Å². The number of rotatable bonds is 9. The molecule has 1 unspecified atom stereocenters. The molecule has 0 aliphatic heterocycles. The van der Waals surface area contributed by atoms with Crippen molar-refractivity contribution >= 4 is 12.1 Å². The van der Waals surface area contributed by atoms with Gasteiger partial charge in [0, 0.05) is 0 Å². The van der Waals surface area contributed by atoms with Gasteiger partial charge in [-0.2, -0.15) is 0 Å². The molecule has 0 aliphatic carbocycles. The number of hydrogen-bond donors (Lipinski definition) is 2. The number of benzene rings is 1. The van der Waals surface area contributed by atoms with E-state index in [9.17, 15) is 9.59 Å². The van der Waals surface area contributed by atoms with E-state index in [4.69, 9.17) is 9.84 Å². The average molecular weight is 308 g/mol. The lowest BCUT2D eigenvalue weighted by atomic mass is 10.1. The van der Waals surface area contributed by atoms with Crippen LogP contribution >= 0.6 is 0 Å². The van der Waals surface area contributed by atoms with Crippen LogP contribution < -0.4 is 5.32 Å². The highest BCUT2D eigenvalue weighted by atomic mass is 16.5. The van der Waals surface area contributed by atoms with Crippen molar-refractivity contribution in [2.24, 2.45) is 0 Å². The molecule has 122 valence electrons. The zero-order valence-corrected chi connectivity index (χ0v) is 13.1. The predicted octanol–water partition coefficient (Wildman–Crippen LogP) is 2.10. The number of nitrogens with zero attached hydrogens (tertiary/aromatic N) is 1. The fourth-order valence-electron chi connectivity index (χ4n) is 1.94. The molecule has 22 heavy (non-hydrogen) atoms. The fraction of sp³-hybridized carbons (Fsp3) is 0.500. The zero-order valence-electron chi connectivity index (χ0n) is 13.1. The number of hydrogen-bond acceptors (Lipinski definition) is 4. The maximum absolute atomic E-state index is 11.7. The summed E-state index contributed by atoms with van der Waals surface area (Å²) in [5, 5.41) is 11.5. The molecular formula is C16H24N2O4. The molecule has 1 aromatic carbocycles. The van der Waals surface area contributed by atoms with Crippen molar-refractivity contribution in [2.75, 3.05) is 20.6 Å². The standard InChI is InChI=1S/C16H24N2O4/c1-18(2)11-7-6-10-14(15(19)20)17-16(21)22-12-13-8-4-3-5-9-13/h3-5,8-9,14H,6-7,10-12H2,1-2H3,(H,17,21)(H,19,20). The molecule has 6 heteroatoms. The Morgan fingerprint density at radius 1 is 1.23 bits per heavy atom. The Labute approximate surface area is 131 Å². The third kappa shape index (κ3) is 7.64. The van der Waals surface area contributed by atoms with Crippen molar-refractivity contribution in [3.8, 4) is 0 Å². The quantitative estimate of drug-likeness (QED) is 0.683. The van der Waals surface area contributed by atoms with Gasteiger partial charge in [-0.3, -0.25) is 0 Å². The van der Waals surface area contributed by atoms with E-state index >= 15 is 0 Å². The Kier molecular flexibility index (Phi) is 7.99. The van der Waals surface area contributed by atoms with Crippen molar-refractivity contribution in [1.82, 2.24) is 10.2 Å². The predicted molar refractivity (Wildman–Crippen MR) is 83.6 cm³/mol. The third-order valence-corrected chi connectivity index (χ3v) is 3.15. The van der Waals surface area contributed by atoms with Crippen LogP contribution in [0.4, 0.5) is 4.79 Å². The topological polar surface area (TPSA) is 78.9 Å². The summed E-state index contributed by atoms with van der Waals surface area (Å²) in [5.41, 5.74) is 0.857. The van der Waals surface area contributed by atoms with Crippen molar-refractivity contribution in [3.63, 3.8) is 0 Å². The maximum atomic E-state index is 11.7. The average Bonchev–Trinajstić information content (AvgIpc) is 2.48. The van der Waals surface area contributed by atoms with Crippen molar-refractivity contribution in [1.29, 1.82) is 0 Å². The minimum absolute atomic E-state index is 0.125. The van der Waals surface area contributed by atoms with E-state index in [1.165, 1.54) is 0 Å². The van der Waals surface area contributed by atoms with Gasteiger partial charge in [-0.25, -0.2) is 9.59 Å². The molecule has 0 heterocycles. The summed E-state index contributed by atoms with van der Waals surface area (Å²) >= 11 is 0. The molecule has 0 saturated carbocycles. The van der Waals surface area contributed by atoms with Gasteiger partial charge >= 0.3 is 12.1 Å². The lowest BCUT2D eigenvalue weighted by Crippen LogP contribution is -2.41. The summed E-state index contributed by atoms with van der Waals surface area (Å²) in [5.74, 6) is -1.04. The molecule has 0 fully saturated rings. The SMILES string of the molecule is CN(C)CCCCC(NC(=O)OCc1ccccc1)C(=O)O. The lowest BCUT2D eigenvalue weighted by molar-refractivity contribution is -0.139. The molecule has 0 bridgehead atoms. The number of carboxylic acid groups (broad SMARTS) is 1. The highest BCUT2D eigenvalue weighted by Gasteiger charge is 2.20. The van der Waals surface area contributed by atoms with Gasteiger partial charge in [0.2, 0.25) is 0 Å². The molecule has 0 spiro atoms. The van der Waals surface area contributed by atoms with Crippen LogP contribution in [0.25, 0.3) is 0 Å². The normalized spacial score (nSPS) is 12.0. The Bertz CT molecular complexity index is 462. The fourth-order valence-corrected chi connectivity index (χ4v) is 1.94. The molecule has 0 radical (unpaired) electrons. The van der Waals surface area contributed by atoms with Crippen LogP contribution in [-0.4, -0.2) is 48.8 Å². The number of carbonyl (C=O) groups excluding carboxylic acids is 1. The first kappa shape index (κ1) is 18.0. The minimum atomic E-state index is -1.04. The number of amides is 1. The van der Waals surface area contributed by atoms with Crippen molar-refractivity contribution in [3.05, 3.63) is 35.9 Å². The highest BCUT2D eigenvalue weighted by molar-refractivity contribution is 5.79. The van der Waals surface area contributed by atoms with Crippen LogP contribution in [0.1, 0.15) is 24.8 Å². The molecular weight excluding hydrogens is 284 g/mol. The monoisotopic (exact) mass is 308 g/mol. The molecule has 6 nitrogen and oxygen atoms in total. The summed E-state index contributed by atoms with van der Waals surface area (Å²) in [4.78, 5) is 24.9. The van der Waals surface area contributed by atoms with E-state index < -0.39 is 18.1 Å². The summed E-state index contributed by atoms with van der Waals surface area (Å²) in [6.45, 7) is 1.02. The van der Waals surface area contributed by atoms with Crippen LogP contribution in [0.5, 0.6) is 0 Å². The number of carboxylic acids is 1. The number of nitrogens with one attached hydrogen (secondary N) is 1. The first-order valence-electron chi connectivity index (χ1n) is 7.34. The molecule has 2 N–H and O–H groups in total.